The summed E-state index contributed by atoms with van der Waals surface area (Å²) in [6.07, 6.45) is 0. The first kappa shape index (κ1) is 18.8. The van der Waals surface area contributed by atoms with Crippen molar-refractivity contribution >= 4 is 0 Å². The van der Waals surface area contributed by atoms with Crippen LogP contribution >= 0.6 is 0 Å². The zero-order chi connectivity index (χ0) is 19.6. The molecule has 1 aromatic heterocycles. The monoisotopic (exact) mass is 368 g/mol. The van der Waals surface area contributed by atoms with Gasteiger partial charge in [0.05, 0.1) is 21.3 Å². The van der Waals surface area contributed by atoms with Gasteiger partial charge in [0, 0.05) is 11.1 Å². The average Bonchev–Trinajstić information content (AvgIpc) is 3.16. The number of nitrogens with zero attached hydrogens (tertiary/aromatic N) is 2. The highest BCUT2D eigenvalue weighted by Crippen LogP contribution is 2.40. The van der Waals surface area contributed by atoms with E-state index in [9.17, 15) is 0 Å². The topological polar surface area (TPSA) is 66.6 Å². The Labute approximate surface area is 159 Å². The van der Waals surface area contributed by atoms with Gasteiger partial charge in [-0.2, -0.15) is 4.98 Å². The molecule has 0 aliphatic carbocycles. The van der Waals surface area contributed by atoms with Crippen molar-refractivity contribution in [1.82, 2.24) is 10.1 Å². The Morgan fingerprint density at radius 1 is 0.815 bits per heavy atom. The van der Waals surface area contributed by atoms with Crippen LogP contribution in [0.4, 0.5) is 0 Å². The molecule has 0 atom stereocenters. The van der Waals surface area contributed by atoms with E-state index >= 15 is 0 Å². The van der Waals surface area contributed by atoms with Crippen LogP contribution in [0.25, 0.3) is 22.8 Å². The number of rotatable bonds is 5. The van der Waals surface area contributed by atoms with Crippen molar-refractivity contribution in [3.05, 3.63) is 42.0 Å². The zero-order valence-electron chi connectivity index (χ0n) is 16.5. The van der Waals surface area contributed by atoms with E-state index in [4.69, 9.17) is 18.7 Å². The van der Waals surface area contributed by atoms with Crippen LogP contribution in [0.2, 0.25) is 0 Å². The van der Waals surface area contributed by atoms with E-state index in [0.29, 0.717) is 34.5 Å². The normalized spacial score (nSPS) is 11.3. The van der Waals surface area contributed by atoms with Crippen molar-refractivity contribution in [2.45, 2.75) is 26.2 Å². The maximum Gasteiger partial charge on any atom is 0.258 e. The van der Waals surface area contributed by atoms with E-state index < -0.39 is 0 Å². The second-order valence-electron chi connectivity index (χ2n) is 7.16. The highest BCUT2D eigenvalue weighted by atomic mass is 16.5. The molecule has 1 heterocycles. The number of methoxy groups -OCH3 is 3. The second kappa shape index (κ2) is 7.31. The van der Waals surface area contributed by atoms with Crippen LogP contribution in [-0.4, -0.2) is 31.5 Å². The molecule has 0 saturated carbocycles. The first-order valence-electron chi connectivity index (χ1n) is 8.62. The second-order valence-corrected chi connectivity index (χ2v) is 7.16. The van der Waals surface area contributed by atoms with E-state index in [1.165, 1.54) is 5.56 Å². The van der Waals surface area contributed by atoms with Gasteiger partial charge in [0.15, 0.2) is 11.5 Å². The van der Waals surface area contributed by atoms with Crippen molar-refractivity contribution in [2.75, 3.05) is 21.3 Å². The Morgan fingerprint density at radius 3 is 1.89 bits per heavy atom. The largest absolute Gasteiger partial charge is 0.493 e. The summed E-state index contributed by atoms with van der Waals surface area (Å²) in [6, 6.07) is 11.7. The van der Waals surface area contributed by atoms with Crippen LogP contribution in [0.5, 0.6) is 17.2 Å². The fourth-order valence-corrected chi connectivity index (χ4v) is 2.78. The molecule has 0 aliphatic rings. The summed E-state index contributed by atoms with van der Waals surface area (Å²) < 4.78 is 21.6. The van der Waals surface area contributed by atoms with Crippen molar-refractivity contribution in [3.63, 3.8) is 0 Å². The minimum atomic E-state index is 0.0920. The Hall–Kier alpha value is -3.02. The lowest BCUT2D eigenvalue weighted by Gasteiger charge is -2.18. The first-order chi connectivity index (χ1) is 12.9. The van der Waals surface area contributed by atoms with Gasteiger partial charge < -0.3 is 18.7 Å². The zero-order valence-corrected chi connectivity index (χ0v) is 16.5. The molecule has 142 valence electrons. The average molecular weight is 368 g/mol. The molecule has 0 bridgehead atoms. The molecule has 0 N–H and O–H groups in total. The molecule has 0 saturated heterocycles. The summed E-state index contributed by atoms with van der Waals surface area (Å²) in [4.78, 5) is 4.52. The van der Waals surface area contributed by atoms with Gasteiger partial charge >= 0.3 is 0 Å². The standard InChI is InChI=1S/C21H24N2O4/c1-21(2,3)15-9-7-13(8-10-15)20-22-19(23-27-20)14-11-16(24-4)18(26-6)17(12-14)25-5/h7-12H,1-6H3. The fraction of sp³-hybridized carbons (Fsp3) is 0.333. The van der Waals surface area contributed by atoms with Crippen LogP contribution < -0.4 is 14.2 Å². The first-order valence-corrected chi connectivity index (χ1v) is 8.62. The number of hydrogen-bond donors (Lipinski definition) is 0. The molecule has 0 spiro atoms. The van der Waals surface area contributed by atoms with Gasteiger partial charge in [-0.1, -0.05) is 38.1 Å². The molecule has 3 rings (SSSR count). The van der Waals surface area contributed by atoms with E-state index in [2.05, 4.69) is 43.0 Å². The summed E-state index contributed by atoms with van der Waals surface area (Å²) in [7, 11) is 4.70. The molecule has 0 amide bonds. The van der Waals surface area contributed by atoms with E-state index in [-0.39, 0.29) is 5.41 Å². The lowest BCUT2D eigenvalue weighted by Crippen LogP contribution is -2.10. The predicted octanol–water partition coefficient (Wildman–Crippen LogP) is 4.73. The van der Waals surface area contributed by atoms with Crippen molar-refractivity contribution in [1.29, 1.82) is 0 Å². The summed E-state index contributed by atoms with van der Waals surface area (Å²) in [5.74, 6) is 2.49. The molecule has 0 unspecified atom stereocenters. The van der Waals surface area contributed by atoms with Crippen LogP contribution in [0.15, 0.2) is 40.9 Å². The highest BCUT2D eigenvalue weighted by molar-refractivity contribution is 5.67. The fourth-order valence-electron chi connectivity index (χ4n) is 2.78. The molecule has 0 aliphatic heterocycles. The summed E-state index contributed by atoms with van der Waals surface area (Å²) >= 11 is 0. The van der Waals surface area contributed by atoms with Gasteiger partial charge in [-0.05, 0) is 35.2 Å². The molecular formula is C21H24N2O4. The summed E-state index contributed by atoms with van der Waals surface area (Å²) in [6.45, 7) is 6.53. The third-order valence-electron chi connectivity index (χ3n) is 4.35. The predicted molar refractivity (Wildman–Crippen MR) is 104 cm³/mol. The Balaban J connectivity index is 1.96. The molecule has 2 aromatic carbocycles. The van der Waals surface area contributed by atoms with Crippen LogP contribution in [0.1, 0.15) is 26.3 Å². The number of benzene rings is 2. The molecule has 6 nitrogen and oxygen atoms in total. The number of ether oxygens (including phenoxy) is 3. The van der Waals surface area contributed by atoms with Crippen LogP contribution in [-0.2, 0) is 5.41 Å². The minimum Gasteiger partial charge on any atom is -0.493 e. The molecular weight excluding hydrogens is 344 g/mol. The molecule has 0 fully saturated rings. The number of aromatic nitrogens is 2. The molecule has 3 aromatic rings. The minimum absolute atomic E-state index is 0.0920. The van der Waals surface area contributed by atoms with Gasteiger partial charge in [0.2, 0.25) is 11.6 Å². The Morgan fingerprint density at radius 2 is 1.41 bits per heavy atom. The quantitative estimate of drug-likeness (QED) is 0.649. The highest BCUT2D eigenvalue weighted by Gasteiger charge is 2.18. The van der Waals surface area contributed by atoms with E-state index in [1.807, 2.05) is 12.1 Å². The summed E-state index contributed by atoms with van der Waals surface area (Å²) in [5, 5.41) is 4.10. The third-order valence-corrected chi connectivity index (χ3v) is 4.35. The van der Waals surface area contributed by atoms with Gasteiger partial charge in [-0.25, -0.2) is 0 Å². The summed E-state index contributed by atoms with van der Waals surface area (Å²) in [5.41, 5.74) is 2.92. The van der Waals surface area contributed by atoms with Gasteiger partial charge in [-0.3, -0.25) is 0 Å². The maximum absolute atomic E-state index is 5.46. The lowest BCUT2D eigenvalue weighted by atomic mass is 9.87. The van der Waals surface area contributed by atoms with Gasteiger partial charge in [0.25, 0.3) is 5.89 Å². The van der Waals surface area contributed by atoms with Gasteiger partial charge in [-0.15, -0.1) is 0 Å². The smallest absolute Gasteiger partial charge is 0.258 e. The lowest BCUT2D eigenvalue weighted by molar-refractivity contribution is 0.324. The Kier molecular flexibility index (Phi) is 5.08. The van der Waals surface area contributed by atoms with E-state index in [1.54, 1.807) is 33.5 Å². The van der Waals surface area contributed by atoms with E-state index in [0.717, 1.165) is 5.56 Å². The van der Waals surface area contributed by atoms with Crippen molar-refractivity contribution < 1.29 is 18.7 Å². The van der Waals surface area contributed by atoms with Crippen molar-refractivity contribution in [2.24, 2.45) is 0 Å². The SMILES string of the molecule is COc1cc(-c2noc(-c3ccc(C(C)(C)C)cc3)n2)cc(OC)c1OC. The molecule has 0 radical (unpaired) electrons. The third kappa shape index (κ3) is 3.74. The molecule has 27 heavy (non-hydrogen) atoms. The van der Waals surface area contributed by atoms with Crippen LogP contribution in [0.3, 0.4) is 0 Å². The number of hydrogen-bond acceptors (Lipinski definition) is 6. The Bertz CT molecular complexity index is 899. The maximum atomic E-state index is 5.46. The molecule has 6 heteroatoms. The van der Waals surface area contributed by atoms with Gasteiger partial charge in [0.1, 0.15) is 0 Å². The van der Waals surface area contributed by atoms with Crippen molar-refractivity contribution in [3.8, 4) is 40.1 Å². The van der Waals surface area contributed by atoms with Crippen LogP contribution in [0, 0.1) is 0 Å².